The summed E-state index contributed by atoms with van der Waals surface area (Å²) in [5, 5.41) is 0.684. The first-order chi connectivity index (χ1) is 16.1. The Labute approximate surface area is 197 Å². The quantitative estimate of drug-likeness (QED) is 0.616. The van der Waals surface area contributed by atoms with E-state index in [-0.39, 0.29) is 5.97 Å². The van der Waals surface area contributed by atoms with Crippen molar-refractivity contribution in [2.24, 2.45) is 17.8 Å². The molecule has 8 nitrogen and oxygen atoms in total. The van der Waals surface area contributed by atoms with E-state index >= 15 is 0 Å². The van der Waals surface area contributed by atoms with Gasteiger partial charge in [0.15, 0.2) is 5.82 Å². The fourth-order valence-electron chi connectivity index (χ4n) is 5.60. The zero-order valence-electron chi connectivity index (χ0n) is 18.9. The Morgan fingerprint density at radius 3 is 2.58 bits per heavy atom. The normalized spacial score (nSPS) is 23.9. The molecule has 33 heavy (non-hydrogen) atoms. The molecular formula is C24H28N4O4S. The minimum absolute atomic E-state index is 0.0937. The molecule has 1 aromatic heterocycles. The minimum atomic E-state index is -0.478. The van der Waals surface area contributed by atoms with Crippen molar-refractivity contribution < 1.29 is 19.1 Å². The predicted molar refractivity (Wildman–Crippen MR) is 123 cm³/mol. The van der Waals surface area contributed by atoms with Crippen LogP contribution in [0.4, 0.5) is 16.3 Å². The topological polar surface area (TPSA) is 84.9 Å². The predicted octanol–water partition coefficient (Wildman–Crippen LogP) is 4.26. The number of piperidine rings is 1. The first-order valence-electron chi connectivity index (χ1n) is 11.4. The van der Waals surface area contributed by atoms with Crippen molar-refractivity contribution in [2.75, 3.05) is 32.2 Å². The molecule has 1 saturated carbocycles. The van der Waals surface area contributed by atoms with Gasteiger partial charge in [-0.15, -0.1) is 0 Å². The molecular weight excluding hydrogens is 440 g/mol. The number of carbonyl (C=O) groups is 2. The third kappa shape index (κ3) is 4.31. The molecule has 2 bridgehead atoms. The van der Waals surface area contributed by atoms with Gasteiger partial charge in [-0.1, -0.05) is 24.2 Å². The van der Waals surface area contributed by atoms with Crippen LogP contribution in [0.3, 0.4) is 0 Å². The van der Waals surface area contributed by atoms with Crippen molar-refractivity contribution >= 4 is 35.3 Å². The second-order valence-corrected chi connectivity index (χ2v) is 10.0. The van der Waals surface area contributed by atoms with Crippen LogP contribution in [0.25, 0.3) is 0 Å². The number of amides is 1. The number of rotatable bonds is 4. The second-order valence-electron chi connectivity index (χ2n) is 8.98. The molecule has 0 N–H and O–H groups in total. The van der Waals surface area contributed by atoms with E-state index in [4.69, 9.17) is 9.47 Å². The largest absolute Gasteiger partial charge is 0.469 e. The van der Waals surface area contributed by atoms with Crippen LogP contribution in [0.15, 0.2) is 40.5 Å². The Bertz CT molecular complexity index is 1050. The number of nitrogens with zero attached hydrogens (tertiary/aromatic N) is 4. The van der Waals surface area contributed by atoms with Crippen molar-refractivity contribution in [3.8, 4) is 0 Å². The SMILES string of the molecule is COC(=O)CC1C2CCCC1CN(Cc1ccc3c(c1)N(C(=O)OC)c1nccnc1S3)C2. The zero-order chi connectivity index (χ0) is 22.9. The van der Waals surface area contributed by atoms with E-state index in [0.29, 0.717) is 35.0 Å². The monoisotopic (exact) mass is 468 g/mol. The summed E-state index contributed by atoms with van der Waals surface area (Å²) in [7, 11) is 2.85. The number of aromatic nitrogens is 2. The highest BCUT2D eigenvalue weighted by atomic mass is 32.2. The molecule has 1 amide bonds. The van der Waals surface area contributed by atoms with Crippen LogP contribution in [0.2, 0.25) is 0 Å². The summed E-state index contributed by atoms with van der Waals surface area (Å²) >= 11 is 1.51. The summed E-state index contributed by atoms with van der Waals surface area (Å²) in [5.41, 5.74) is 1.92. The minimum Gasteiger partial charge on any atom is -0.469 e. The van der Waals surface area contributed by atoms with E-state index in [0.717, 1.165) is 35.8 Å². The summed E-state index contributed by atoms with van der Waals surface area (Å²) in [6, 6.07) is 6.24. The molecule has 0 radical (unpaired) electrons. The van der Waals surface area contributed by atoms with Gasteiger partial charge in [0.25, 0.3) is 0 Å². The van der Waals surface area contributed by atoms with Gasteiger partial charge in [0, 0.05) is 43.3 Å². The number of fused-ring (bicyclic) bond motifs is 4. The molecule has 1 aliphatic carbocycles. The van der Waals surface area contributed by atoms with Crippen LogP contribution in [-0.4, -0.2) is 54.2 Å². The van der Waals surface area contributed by atoms with Gasteiger partial charge in [0.05, 0.1) is 19.9 Å². The third-order valence-electron chi connectivity index (χ3n) is 7.07. The van der Waals surface area contributed by atoms with Crippen molar-refractivity contribution in [3.63, 3.8) is 0 Å². The lowest BCUT2D eigenvalue weighted by Crippen LogP contribution is -2.48. The number of likely N-dealkylation sites (tertiary alicyclic amines) is 1. The van der Waals surface area contributed by atoms with Gasteiger partial charge in [-0.25, -0.2) is 19.7 Å². The van der Waals surface area contributed by atoms with Gasteiger partial charge in [-0.2, -0.15) is 0 Å². The smallest absolute Gasteiger partial charge is 0.420 e. The Morgan fingerprint density at radius 1 is 1.09 bits per heavy atom. The molecule has 2 unspecified atom stereocenters. The van der Waals surface area contributed by atoms with E-state index in [2.05, 4.69) is 27.0 Å². The molecule has 3 aliphatic rings. The molecule has 2 atom stereocenters. The van der Waals surface area contributed by atoms with E-state index in [9.17, 15) is 9.59 Å². The maximum Gasteiger partial charge on any atom is 0.420 e. The highest BCUT2D eigenvalue weighted by Gasteiger charge is 2.40. The number of carbonyl (C=O) groups excluding carboxylic acids is 2. The highest BCUT2D eigenvalue weighted by molar-refractivity contribution is 7.99. The van der Waals surface area contributed by atoms with E-state index < -0.39 is 6.09 Å². The number of esters is 1. The van der Waals surface area contributed by atoms with E-state index in [1.165, 1.54) is 50.1 Å². The first-order valence-corrected chi connectivity index (χ1v) is 12.2. The fraction of sp³-hybridized carbons (Fsp3) is 0.500. The van der Waals surface area contributed by atoms with Gasteiger partial charge in [0.1, 0.15) is 5.03 Å². The summed E-state index contributed by atoms with van der Waals surface area (Å²) in [6.45, 7) is 2.77. The maximum absolute atomic E-state index is 12.7. The average Bonchev–Trinajstić information content (AvgIpc) is 2.82. The first kappa shape index (κ1) is 22.2. The number of hydrogen-bond acceptors (Lipinski definition) is 8. The van der Waals surface area contributed by atoms with Crippen LogP contribution in [0.1, 0.15) is 31.2 Å². The molecule has 174 valence electrons. The number of methoxy groups -OCH3 is 2. The van der Waals surface area contributed by atoms with Gasteiger partial charge in [-0.3, -0.25) is 9.69 Å². The van der Waals surface area contributed by atoms with E-state index in [1.54, 1.807) is 12.4 Å². The molecule has 1 saturated heterocycles. The van der Waals surface area contributed by atoms with Crippen LogP contribution >= 0.6 is 11.8 Å². The Morgan fingerprint density at radius 2 is 1.85 bits per heavy atom. The number of ether oxygens (including phenoxy) is 2. The van der Waals surface area contributed by atoms with Crippen molar-refractivity contribution in [1.82, 2.24) is 14.9 Å². The fourth-order valence-corrected chi connectivity index (χ4v) is 6.55. The molecule has 3 heterocycles. The Kier molecular flexibility index (Phi) is 6.25. The lowest BCUT2D eigenvalue weighted by molar-refractivity contribution is -0.144. The lowest BCUT2D eigenvalue weighted by Gasteiger charge is -2.47. The molecule has 2 aromatic rings. The number of hydrogen-bond donors (Lipinski definition) is 0. The molecule has 1 aromatic carbocycles. The van der Waals surface area contributed by atoms with Crippen molar-refractivity contribution in [3.05, 3.63) is 36.2 Å². The van der Waals surface area contributed by atoms with Crippen molar-refractivity contribution in [1.29, 1.82) is 0 Å². The van der Waals surface area contributed by atoms with Crippen LogP contribution in [0.5, 0.6) is 0 Å². The van der Waals surface area contributed by atoms with Crippen LogP contribution in [0, 0.1) is 17.8 Å². The van der Waals surface area contributed by atoms with Crippen LogP contribution < -0.4 is 4.90 Å². The summed E-state index contributed by atoms with van der Waals surface area (Å²) < 4.78 is 10.0. The van der Waals surface area contributed by atoms with Gasteiger partial charge < -0.3 is 9.47 Å². The molecule has 9 heteroatoms. The second kappa shape index (κ2) is 9.30. The maximum atomic E-state index is 12.7. The molecule has 0 spiro atoms. The average molecular weight is 469 g/mol. The molecule has 5 rings (SSSR count). The molecule has 2 aliphatic heterocycles. The Hall–Kier alpha value is -2.65. The highest BCUT2D eigenvalue weighted by Crippen LogP contribution is 2.47. The van der Waals surface area contributed by atoms with Crippen LogP contribution in [-0.2, 0) is 20.8 Å². The summed E-state index contributed by atoms with van der Waals surface area (Å²) in [5.74, 6) is 1.88. The summed E-state index contributed by atoms with van der Waals surface area (Å²) in [6.07, 6.45) is 6.84. The zero-order valence-corrected chi connectivity index (χ0v) is 19.7. The van der Waals surface area contributed by atoms with Gasteiger partial charge in [-0.05, 0) is 48.3 Å². The number of benzene rings is 1. The van der Waals surface area contributed by atoms with E-state index in [1.807, 2.05) is 6.07 Å². The van der Waals surface area contributed by atoms with Gasteiger partial charge in [0.2, 0.25) is 0 Å². The lowest BCUT2D eigenvalue weighted by atomic mass is 9.67. The third-order valence-corrected chi connectivity index (χ3v) is 8.12. The van der Waals surface area contributed by atoms with Crippen molar-refractivity contribution in [2.45, 2.75) is 42.1 Å². The van der Waals surface area contributed by atoms with Gasteiger partial charge >= 0.3 is 12.1 Å². The molecule has 2 fully saturated rings. The number of anilines is 2. The standard InChI is InChI=1S/C24H28N4O4S/c1-31-21(29)11-18-16-4-3-5-17(18)14-27(13-16)12-15-6-7-20-19(10-15)28(24(30)32-2)22-23(33-20)26-9-8-25-22/h6-10,16-18H,3-5,11-14H2,1-2H3. The summed E-state index contributed by atoms with van der Waals surface area (Å²) in [4.78, 5) is 38.3. The Balaban J connectivity index is 1.36.